The van der Waals surface area contributed by atoms with Gasteiger partial charge in [-0.1, -0.05) is 0 Å². The maximum Gasteiger partial charge on any atom is 0.162 e. The molecule has 1 unspecified atom stereocenters. The number of aryl methyl sites for hydroxylation is 1. The number of furan rings is 1. The van der Waals surface area contributed by atoms with Gasteiger partial charge in [0.15, 0.2) is 10.8 Å². The van der Waals surface area contributed by atoms with Gasteiger partial charge in [0.2, 0.25) is 0 Å². The third-order valence-corrected chi connectivity index (χ3v) is 4.06. The summed E-state index contributed by atoms with van der Waals surface area (Å²) in [5.41, 5.74) is 1.21. The maximum absolute atomic E-state index is 5.60. The first-order chi connectivity index (χ1) is 8.33. The molecule has 2 aromatic rings. The third-order valence-electron chi connectivity index (χ3n) is 3.19. The van der Waals surface area contributed by atoms with E-state index in [9.17, 15) is 0 Å². The summed E-state index contributed by atoms with van der Waals surface area (Å²) in [5, 5.41) is 6.60. The van der Waals surface area contributed by atoms with Crippen molar-refractivity contribution < 1.29 is 4.42 Å². The average Bonchev–Trinajstić information content (AvgIpc) is 2.98. The fourth-order valence-corrected chi connectivity index (χ4v) is 3.10. The molecule has 3 rings (SSSR count). The minimum atomic E-state index is 0.574. The van der Waals surface area contributed by atoms with Crippen LogP contribution in [0, 0.1) is 6.92 Å². The summed E-state index contributed by atoms with van der Waals surface area (Å²) in [7, 11) is 0. The molecule has 0 bridgehead atoms. The van der Waals surface area contributed by atoms with E-state index in [1.807, 2.05) is 19.1 Å². The molecule has 0 amide bonds. The van der Waals surface area contributed by atoms with E-state index in [-0.39, 0.29) is 0 Å². The smallest absolute Gasteiger partial charge is 0.162 e. The molecule has 2 aromatic heterocycles. The van der Waals surface area contributed by atoms with Crippen LogP contribution in [0.3, 0.4) is 0 Å². The lowest BCUT2D eigenvalue weighted by atomic mass is 9.97. The Balaban J connectivity index is 1.82. The zero-order valence-corrected chi connectivity index (χ0v) is 10.7. The van der Waals surface area contributed by atoms with Crippen molar-refractivity contribution in [3.63, 3.8) is 0 Å². The summed E-state index contributed by atoms with van der Waals surface area (Å²) in [6.07, 6.45) is 2.49. The first kappa shape index (κ1) is 11.0. The predicted octanol–water partition coefficient (Wildman–Crippen LogP) is 3.18. The van der Waals surface area contributed by atoms with Gasteiger partial charge in [0.05, 0.1) is 5.69 Å². The number of hydrogen-bond acceptors (Lipinski definition) is 4. The molecule has 1 aliphatic rings. The molecule has 1 fully saturated rings. The van der Waals surface area contributed by atoms with Crippen LogP contribution < -0.4 is 5.32 Å². The van der Waals surface area contributed by atoms with Crippen molar-refractivity contribution in [3.05, 3.63) is 29.0 Å². The van der Waals surface area contributed by atoms with Crippen LogP contribution in [0.25, 0.3) is 10.8 Å². The third kappa shape index (κ3) is 2.28. The Hall–Kier alpha value is -1.13. The van der Waals surface area contributed by atoms with Crippen LogP contribution in [0.15, 0.2) is 21.9 Å². The molecule has 0 aromatic carbocycles. The standard InChI is InChI=1S/C13H16N2OS/c1-9-4-5-12(16-9)13-15-11(8-17-13)10-3-2-6-14-7-10/h4-5,8,10,14H,2-3,6-7H2,1H3. The highest BCUT2D eigenvalue weighted by Gasteiger charge is 2.18. The highest BCUT2D eigenvalue weighted by Crippen LogP contribution is 2.30. The largest absolute Gasteiger partial charge is 0.459 e. The van der Waals surface area contributed by atoms with Gasteiger partial charge in [0, 0.05) is 17.8 Å². The van der Waals surface area contributed by atoms with Crippen LogP contribution in [-0.4, -0.2) is 18.1 Å². The molecule has 0 aliphatic carbocycles. The summed E-state index contributed by atoms with van der Waals surface area (Å²) in [5.74, 6) is 2.41. The molecule has 90 valence electrons. The van der Waals surface area contributed by atoms with E-state index in [4.69, 9.17) is 9.40 Å². The van der Waals surface area contributed by atoms with E-state index in [1.165, 1.54) is 18.5 Å². The fraction of sp³-hybridized carbons (Fsp3) is 0.462. The molecule has 4 heteroatoms. The number of nitrogens with zero attached hydrogens (tertiary/aromatic N) is 1. The molecule has 0 radical (unpaired) electrons. The van der Waals surface area contributed by atoms with Crippen molar-refractivity contribution in [1.29, 1.82) is 0 Å². The van der Waals surface area contributed by atoms with Gasteiger partial charge in [-0.15, -0.1) is 11.3 Å². The van der Waals surface area contributed by atoms with Crippen LogP contribution in [-0.2, 0) is 0 Å². The maximum atomic E-state index is 5.60. The van der Waals surface area contributed by atoms with Crippen molar-refractivity contribution in [2.45, 2.75) is 25.7 Å². The van der Waals surface area contributed by atoms with Crippen LogP contribution in [0.4, 0.5) is 0 Å². The van der Waals surface area contributed by atoms with E-state index in [0.29, 0.717) is 5.92 Å². The van der Waals surface area contributed by atoms with Gasteiger partial charge in [-0.05, 0) is 38.4 Å². The van der Waals surface area contributed by atoms with E-state index in [0.717, 1.165) is 29.6 Å². The lowest BCUT2D eigenvalue weighted by molar-refractivity contribution is 0.456. The summed E-state index contributed by atoms with van der Waals surface area (Å²) in [6.45, 7) is 4.16. The molecular formula is C13H16N2OS. The lowest BCUT2D eigenvalue weighted by Gasteiger charge is -2.20. The van der Waals surface area contributed by atoms with Crippen molar-refractivity contribution >= 4 is 11.3 Å². The first-order valence-corrected chi connectivity index (χ1v) is 6.94. The average molecular weight is 248 g/mol. The van der Waals surface area contributed by atoms with E-state index < -0.39 is 0 Å². The first-order valence-electron chi connectivity index (χ1n) is 6.06. The Morgan fingerprint density at radius 3 is 3.12 bits per heavy atom. The van der Waals surface area contributed by atoms with Gasteiger partial charge in [-0.2, -0.15) is 0 Å². The Labute approximate surface area is 105 Å². The molecule has 1 saturated heterocycles. The number of piperidine rings is 1. The Bertz CT molecular complexity index is 497. The number of hydrogen-bond donors (Lipinski definition) is 1. The minimum absolute atomic E-state index is 0.574. The lowest BCUT2D eigenvalue weighted by Crippen LogP contribution is -2.28. The fourth-order valence-electron chi connectivity index (χ4n) is 2.24. The van der Waals surface area contributed by atoms with E-state index >= 15 is 0 Å². The number of rotatable bonds is 2. The topological polar surface area (TPSA) is 38.1 Å². The molecule has 0 saturated carbocycles. The quantitative estimate of drug-likeness (QED) is 0.887. The zero-order chi connectivity index (χ0) is 11.7. The Morgan fingerprint density at radius 2 is 2.41 bits per heavy atom. The number of thiazole rings is 1. The van der Waals surface area contributed by atoms with Gasteiger partial charge in [-0.3, -0.25) is 0 Å². The molecule has 1 N–H and O–H groups in total. The molecular weight excluding hydrogens is 232 g/mol. The minimum Gasteiger partial charge on any atom is -0.459 e. The van der Waals surface area contributed by atoms with Gasteiger partial charge >= 0.3 is 0 Å². The number of nitrogens with one attached hydrogen (secondary N) is 1. The summed E-state index contributed by atoms with van der Waals surface area (Å²) in [4.78, 5) is 4.70. The van der Waals surface area contributed by atoms with E-state index in [2.05, 4.69) is 10.7 Å². The monoisotopic (exact) mass is 248 g/mol. The van der Waals surface area contributed by atoms with Crippen LogP contribution in [0.5, 0.6) is 0 Å². The second-order valence-corrected chi connectivity index (χ2v) is 5.39. The summed E-state index contributed by atoms with van der Waals surface area (Å²) in [6, 6.07) is 3.98. The van der Waals surface area contributed by atoms with Gasteiger partial charge in [0.25, 0.3) is 0 Å². The molecule has 1 aliphatic heterocycles. The number of aromatic nitrogens is 1. The van der Waals surface area contributed by atoms with Crippen molar-refractivity contribution in [1.82, 2.24) is 10.3 Å². The van der Waals surface area contributed by atoms with Gasteiger partial charge < -0.3 is 9.73 Å². The Morgan fingerprint density at radius 1 is 1.47 bits per heavy atom. The SMILES string of the molecule is Cc1ccc(-c2nc(C3CCCNC3)cs2)o1. The Kier molecular flexibility index (Phi) is 2.99. The van der Waals surface area contributed by atoms with Crippen LogP contribution >= 0.6 is 11.3 Å². The summed E-state index contributed by atoms with van der Waals surface area (Å²) >= 11 is 1.68. The normalized spacial score (nSPS) is 20.6. The van der Waals surface area contributed by atoms with E-state index in [1.54, 1.807) is 11.3 Å². The van der Waals surface area contributed by atoms with Crippen molar-refractivity contribution in [3.8, 4) is 10.8 Å². The summed E-state index contributed by atoms with van der Waals surface area (Å²) < 4.78 is 5.60. The highest BCUT2D eigenvalue weighted by molar-refractivity contribution is 7.13. The predicted molar refractivity (Wildman–Crippen MR) is 69.4 cm³/mol. The highest BCUT2D eigenvalue weighted by atomic mass is 32.1. The molecule has 17 heavy (non-hydrogen) atoms. The molecule has 1 atom stereocenters. The molecule has 3 heterocycles. The van der Waals surface area contributed by atoms with Crippen molar-refractivity contribution in [2.24, 2.45) is 0 Å². The van der Waals surface area contributed by atoms with Gasteiger partial charge in [-0.25, -0.2) is 4.98 Å². The molecule has 0 spiro atoms. The van der Waals surface area contributed by atoms with Crippen LogP contribution in [0.2, 0.25) is 0 Å². The van der Waals surface area contributed by atoms with Crippen molar-refractivity contribution in [2.75, 3.05) is 13.1 Å². The zero-order valence-electron chi connectivity index (χ0n) is 9.90. The second kappa shape index (κ2) is 4.63. The molecule has 3 nitrogen and oxygen atoms in total. The second-order valence-electron chi connectivity index (χ2n) is 4.53. The van der Waals surface area contributed by atoms with Gasteiger partial charge in [0.1, 0.15) is 5.76 Å². The van der Waals surface area contributed by atoms with Crippen LogP contribution in [0.1, 0.15) is 30.2 Å².